The molecular weight excluding hydrogens is 296 g/mol. The van der Waals surface area contributed by atoms with E-state index in [4.69, 9.17) is 0 Å². The number of benzene rings is 2. The van der Waals surface area contributed by atoms with Crippen molar-refractivity contribution in [1.29, 1.82) is 0 Å². The van der Waals surface area contributed by atoms with Crippen LogP contribution in [0.2, 0.25) is 0 Å². The number of hydrogen-bond acceptors (Lipinski definition) is 3. The van der Waals surface area contributed by atoms with Crippen LogP contribution in [0.1, 0.15) is 20.7 Å². The van der Waals surface area contributed by atoms with E-state index in [0.29, 0.717) is 16.0 Å². The van der Waals surface area contributed by atoms with Crippen LogP contribution in [0.15, 0.2) is 47.4 Å². The second-order valence-electron chi connectivity index (χ2n) is 4.43. The van der Waals surface area contributed by atoms with Gasteiger partial charge in [0, 0.05) is 4.90 Å². The van der Waals surface area contributed by atoms with Crippen molar-refractivity contribution in [3.63, 3.8) is 0 Å². The van der Waals surface area contributed by atoms with Crippen molar-refractivity contribution in [2.45, 2.75) is 4.90 Å². The summed E-state index contributed by atoms with van der Waals surface area (Å²) in [5.74, 6) is -2.57. The van der Waals surface area contributed by atoms with E-state index in [1.54, 1.807) is 24.3 Å². The Bertz CT molecular complexity index is 713. The molecule has 0 aliphatic carbocycles. The number of rotatable bonds is 3. The molecule has 2 aromatic carbocycles. The van der Waals surface area contributed by atoms with Gasteiger partial charge >= 0.3 is 0 Å². The smallest absolute Gasteiger partial charge is 0.262 e. The minimum atomic E-state index is -0.956. The Hall–Kier alpha value is -2.21. The molecule has 3 nitrogen and oxygen atoms in total. The molecule has 0 saturated heterocycles. The van der Waals surface area contributed by atoms with Gasteiger partial charge in [0.15, 0.2) is 11.6 Å². The van der Waals surface area contributed by atoms with Crippen LogP contribution in [0.5, 0.6) is 0 Å². The SMILES string of the molecule is O=C1c2ccccc2C(=O)N1CSc1ccc(F)c(F)c1. The fourth-order valence-corrected chi connectivity index (χ4v) is 2.93. The number of halogens is 2. The molecule has 0 bridgehead atoms. The van der Waals surface area contributed by atoms with Crippen molar-refractivity contribution in [2.24, 2.45) is 0 Å². The van der Waals surface area contributed by atoms with Gasteiger partial charge in [0.1, 0.15) is 0 Å². The molecule has 1 heterocycles. The van der Waals surface area contributed by atoms with Gasteiger partial charge in [-0.3, -0.25) is 14.5 Å². The van der Waals surface area contributed by atoms with E-state index in [9.17, 15) is 18.4 Å². The van der Waals surface area contributed by atoms with E-state index in [0.717, 1.165) is 28.8 Å². The first-order chi connectivity index (χ1) is 10.1. The summed E-state index contributed by atoms with van der Waals surface area (Å²) in [6.07, 6.45) is 0. The highest BCUT2D eigenvalue weighted by molar-refractivity contribution is 7.99. The molecule has 0 N–H and O–H groups in total. The molecule has 106 valence electrons. The Morgan fingerprint density at radius 1 is 0.905 bits per heavy atom. The van der Waals surface area contributed by atoms with Crippen molar-refractivity contribution >= 4 is 23.6 Å². The molecule has 1 aliphatic heterocycles. The number of imide groups is 1. The molecule has 0 atom stereocenters. The molecule has 2 aromatic rings. The Kier molecular flexibility index (Phi) is 3.47. The Morgan fingerprint density at radius 2 is 1.52 bits per heavy atom. The third-order valence-corrected chi connectivity index (χ3v) is 4.10. The lowest BCUT2D eigenvalue weighted by atomic mass is 10.1. The molecular formula is C15H9F2NO2S. The van der Waals surface area contributed by atoms with Crippen LogP contribution < -0.4 is 0 Å². The standard InChI is InChI=1S/C15H9F2NO2S/c16-12-6-5-9(7-13(12)17)21-8-18-14(19)10-3-1-2-4-11(10)15(18)20/h1-7H,8H2. The van der Waals surface area contributed by atoms with Crippen LogP contribution in [0.4, 0.5) is 8.78 Å². The molecule has 6 heteroatoms. The summed E-state index contributed by atoms with van der Waals surface area (Å²) >= 11 is 1.10. The summed E-state index contributed by atoms with van der Waals surface area (Å²) in [6.45, 7) is 0. The van der Waals surface area contributed by atoms with Crippen molar-refractivity contribution < 1.29 is 18.4 Å². The fourth-order valence-electron chi connectivity index (χ4n) is 2.06. The predicted octanol–water partition coefficient (Wildman–Crippen LogP) is 3.31. The fraction of sp³-hybridized carbons (Fsp3) is 0.0667. The Labute approximate surface area is 123 Å². The second kappa shape index (κ2) is 5.29. The van der Waals surface area contributed by atoms with Crippen LogP contribution in [0.3, 0.4) is 0 Å². The lowest BCUT2D eigenvalue weighted by Crippen LogP contribution is -2.29. The average molecular weight is 305 g/mol. The zero-order valence-electron chi connectivity index (χ0n) is 10.7. The monoisotopic (exact) mass is 305 g/mol. The summed E-state index contributed by atoms with van der Waals surface area (Å²) in [4.78, 5) is 25.8. The summed E-state index contributed by atoms with van der Waals surface area (Å²) in [5.41, 5.74) is 0.738. The zero-order chi connectivity index (χ0) is 15.0. The maximum atomic E-state index is 13.1. The van der Waals surface area contributed by atoms with Crippen molar-refractivity contribution in [3.05, 3.63) is 65.2 Å². The van der Waals surface area contributed by atoms with E-state index in [2.05, 4.69) is 0 Å². The normalized spacial score (nSPS) is 13.7. The second-order valence-corrected chi connectivity index (χ2v) is 5.45. The van der Waals surface area contributed by atoms with Gasteiger partial charge in [-0.2, -0.15) is 0 Å². The molecule has 1 aliphatic rings. The van der Waals surface area contributed by atoms with Crippen LogP contribution in [-0.4, -0.2) is 22.6 Å². The summed E-state index contributed by atoms with van der Waals surface area (Å²) in [7, 11) is 0. The van der Waals surface area contributed by atoms with Gasteiger partial charge in [-0.15, -0.1) is 11.8 Å². The van der Waals surface area contributed by atoms with E-state index >= 15 is 0 Å². The van der Waals surface area contributed by atoms with Gasteiger partial charge in [0.05, 0.1) is 17.0 Å². The van der Waals surface area contributed by atoms with Crippen LogP contribution in [0, 0.1) is 11.6 Å². The lowest BCUT2D eigenvalue weighted by molar-refractivity contribution is 0.0684. The van der Waals surface area contributed by atoms with E-state index in [1.807, 2.05) is 0 Å². The first kappa shape index (κ1) is 13.8. The minimum absolute atomic E-state index is 0.0530. The van der Waals surface area contributed by atoms with Gasteiger partial charge in [-0.25, -0.2) is 8.78 Å². The first-order valence-corrected chi connectivity index (χ1v) is 7.09. The van der Waals surface area contributed by atoms with Crippen LogP contribution in [0.25, 0.3) is 0 Å². The minimum Gasteiger partial charge on any atom is -0.269 e. The van der Waals surface area contributed by atoms with Gasteiger partial charge in [-0.1, -0.05) is 12.1 Å². The van der Waals surface area contributed by atoms with Crippen LogP contribution in [-0.2, 0) is 0 Å². The first-order valence-electron chi connectivity index (χ1n) is 6.11. The highest BCUT2D eigenvalue weighted by Gasteiger charge is 2.34. The molecule has 3 rings (SSSR count). The summed E-state index contributed by atoms with van der Waals surface area (Å²) in [5, 5.41) is 0. The highest BCUT2D eigenvalue weighted by Crippen LogP contribution is 2.27. The summed E-state index contributed by atoms with van der Waals surface area (Å²) in [6, 6.07) is 10.0. The molecule has 0 radical (unpaired) electrons. The third-order valence-electron chi connectivity index (χ3n) is 3.13. The van der Waals surface area contributed by atoms with Crippen molar-refractivity contribution in [2.75, 3.05) is 5.88 Å². The number of carbonyl (C=O) groups excluding carboxylic acids is 2. The third kappa shape index (κ3) is 2.42. The largest absolute Gasteiger partial charge is 0.269 e. The number of nitrogens with zero attached hydrogens (tertiary/aromatic N) is 1. The highest BCUT2D eigenvalue weighted by atomic mass is 32.2. The molecule has 0 unspecified atom stereocenters. The number of fused-ring (bicyclic) bond motifs is 1. The maximum Gasteiger partial charge on any atom is 0.262 e. The molecule has 0 saturated carbocycles. The molecule has 2 amide bonds. The van der Waals surface area contributed by atoms with Gasteiger partial charge in [0.25, 0.3) is 11.8 Å². The lowest BCUT2D eigenvalue weighted by Gasteiger charge is -2.13. The van der Waals surface area contributed by atoms with Gasteiger partial charge in [0.2, 0.25) is 0 Å². The van der Waals surface area contributed by atoms with E-state index in [1.165, 1.54) is 6.07 Å². The summed E-state index contributed by atoms with van der Waals surface area (Å²) < 4.78 is 26.0. The average Bonchev–Trinajstić information content (AvgIpc) is 2.73. The number of thioether (sulfide) groups is 1. The van der Waals surface area contributed by atoms with Gasteiger partial charge in [-0.05, 0) is 30.3 Å². The number of hydrogen-bond donors (Lipinski definition) is 0. The topological polar surface area (TPSA) is 37.4 Å². The zero-order valence-corrected chi connectivity index (χ0v) is 11.5. The Balaban J connectivity index is 1.76. The quantitative estimate of drug-likeness (QED) is 0.645. The number of carbonyl (C=O) groups is 2. The molecule has 0 aromatic heterocycles. The molecule has 0 spiro atoms. The van der Waals surface area contributed by atoms with Crippen LogP contribution >= 0.6 is 11.8 Å². The van der Waals surface area contributed by atoms with Crippen molar-refractivity contribution in [1.82, 2.24) is 4.90 Å². The molecule has 0 fully saturated rings. The molecule has 21 heavy (non-hydrogen) atoms. The van der Waals surface area contributed by atoms with Crippen molar-refractivity contribution in [3.8, 4) is 0 Å². The predicted molar refractivity (Wildman–Crippen MR) is 74.0 cm³/mol. The Morgan fingerprint density at radius 3 is 2.10 bits per heavy atom. The van der Waals surface area contributed by atoms with E-state index in [-0.39, 0.29) is 17.7 Å². The maximum absolute atomic E-state index is 13.1. The number of amides is 2. The van der Waals surface area contributed by atoms with E-state index < -0.39 is 11.6 Å². The van der Waals surface area contributed by atoms with Gasteiger partial charge < -0.3 is 0 Å².